The summed E-state index contributed by atoms with van der Waals surface area (Å²) >= 11 is 0. The molecule has 1 aliphatic rings. The van der Waals surface area contributed by atoms with Gasteiger partial charge in [0.1, 0.15) is 0 Å². The Morgan fingerprint density at radius 3 is 2.27 bits per heavy atom. The number of aryl methyl sites for hydroxylation is 1. The molecule has 2 aromatic rings. The van der Waals surface area contributed by atoms with Crippen molar-refractivity contribution in [1.29, 1.82) is 0 Å². The molecular formula is C28H38N2. The van der Waals surface area contributed by atoms with Crippen LogP contribution in [0.1, 0.15) is 82.4 Å². The Balaban J connectivity index is 1.72. The SMILES string of the molecule is CCCc1ccc(C=NN=C(c2ccccc2)C2CCC(C(C)CCC)CC2)cc1. The van der Waals surface area contributed by atoms with E-state index in [1.54, 1.807) is 0 Å². The Bertz CT molecular complexity index is 796. The molecule has 0 saturated heterocycles. The minimum absolute atomic E-state index is 0.515. The van der Waals surface area contributed by atoms with E-state index in [9.17, 15) is 0 Å². The molecule has 0 aliphatic heterocycles. The molecule has 2 aromatic carbocycles. The molecule has 0 spiro atoms. The molecule has 2 nitrogen and oxygen atoms in total. The number of rotatable bonds is 9. The summed E-state index contributed by atoms with van der Waals surface area (Å²) in [6.45, 7) is 6.96. The Labute approximate surface area is 183 Å². The summed E-state index contributed by atoms with van der Waals surface area (Å²) in [5.41, 5.74) is 4.88. The zero-order valence-electron chi connectivity index (χ0n) is 19.1. The van der Waals surface area contributed by atoms with Gasteiger partial charge in [-0.3, -0.25) is 0 Å². The lowest BCUT2D eigenvalue weighted by Crippen LogP contribution is -2.25. The number of hydrogen-bond acceptors (Lipinski definition) is 2. The molecule has 0 N–H and O–H groups in total. The predicted molar refractivity (Wildman–Crippen MR) is 131 cm³/mol. The maximum atomic E-state index is 4.76. The van der Waals surface area contributed by atoms with Crippen molar-refractivity contribution in [3.05, 3.63) is 71.3 Å². The smallest absolute Gasteiger partial charge is 0.0733 e. The van der Waals surface area contributed by atoms with Crippen LogP contribution in [0.2, 0.25) is 0 Å². The van der Waals surface area contributed by atoms with Crippen molar-refractivity contribution < 1.29 is 0 Å². The second kappa shape index (κ2) is 11.8. The minimum Gasteiger partial charge on any atom is -0.158 e. The summed E-state index contributed by atoms with van der Waals surface area (Å²) in [6.07, 6.45) is 12.0. The van der Waals surface area contributed by atoms with Crippen LogP contribution < -0.4 is 0 Å². The molecule has 0 aromatic heterocycles. The number of benzene rings is 2. The van der Waals surface area contributed by atoms with Crippen LogP contribution in [0.25, 0.3) is 0 Å². The van der Waals surface area contributed by atoms with Gasteiger partial charge in [0, 0.05) is 5.92 Å². The molecule has 0 amide bonds. The molecule has 1 fully saturated rings. The van der Waals surface area contributed by atoms with E-state index in [0.29, 0.717) is 5.92 Å². The fourth-order valence-corrected chi connectivity index (χ4v) is 4.85. The van der Waals surface area contributed by atoms with Crippen molar-refractivity contribution in [3.63, 3.8) is 0 Å². The lowest BCUT2D eigenvalue weighted by Gasteiger charge is -2.32. The molecule has 1 atom stereocenters. The predicted octanol–water partition coefficient (Wildman–Crippen LogP) is 7.70. The fourth-order valence-electron chi connectivity index (χ4n) is 4.85. The molecule has 2 heteroatoms. The molecule has 160 valence electrons. The molecule has 0 bridgehead atoms. The second-order valence-electron chi connectivity index (χ2n) is 8.97. The van der Waals surface area contributed by atoms with E-state index in [4.69, 9.17) is 5.10 Å². The van der Waals surface area contributed by atoms with Gasteiger partial charge in [-0.25, -0.2) is 0 Å². The average molecular weight is 403 g/mol. The van der Waals surface area contributed by atoms with Gasteiger partial charge in [0.2, 0.25) is 0 Å². The van der Waals surface area contributed by atoms with Gasteiger partial charge in [0.05, 0.1) is 11.9 Å². The maximum Gasteiger partial charge on any atom is 0.0733 e. The molecule has 3 rings (SSSR count). The van der Waals surface area contributed by atoms with E-state index in [0.717, 1.165) is 29.5 Å². The quantitative estimate of drug-likeness (QED) is 0.303. The van der Waals surface area contributed by atoms with Gasteiger partial charge in [0.15, 0.2) is 0 Å². The van der Waals surface area contributed by atoms with Gasteiger partial charge in [-0.15, -0.1) is 0 Å². The molecular weight excluding hydrogens is 364 g/mol. The van der Waals surface area contributed by atoms with Crippen LogP contribution in [-0.4, -0.2) is 11.9 Å². The van der Waals surface area contributed by atoms with Crippen molar-refractivity contribution >= 4 is 11.9 Å². The summed E-state index contributed by atoms with van der Waals surface area (Å²) in [5, 5.41) is 9.28. The van der Waals surface area contributed by atoms with E-state index in [1.807, 2.05) is 6.21 Å². The Hall–Kier alpha value is -2.22. The van der Waals surface area contributed by atoms with Gasteiger partial charge in [-0.05, 0) is 60.6 Å². The molecule has 1 saturated carbocycles. The first-order valence-electron chi connectivity index (χ1n) is 12.0. The van der Waals surface area contributed by atoms with E-state index >= 15 is 0 Å². The highest BCUT2D eigenvalue weighted by atomic mass is 15.2. The van der Waals surface area contributed by atoms with Gasteiger partial charge in [0.25, 0.3) is 0 Å². The summed E-state index contributed by atoms with van der Waals surface area (Å²) in [5.74, 6) is 2.24. The Morgan fingerprint density at radius 1 is 0.933 bits per heavy atom. The zero-order valence-corrected chi connectivity index (χ0v) is 19.1. The second-order valence-corrected chi connectivity index (χ2v) is 8.97. The topological polar surface area (TPSA) is 24.7 Å². The monoisotopic (exact) mass is 402 g/mol. The van der Waals surface area contributed by atoms with Crippen molar-refractivity contribution in [2.45, 2.75) is 72.1 Å². The first kappa shape index (κ1) is 22.5. The highest BCUT2D eigenvalue weighted by Crippen LogP contribution is 2.36. The molecule has 1 aliphatic carbocycles. The normalized spacial score (nSPS) is 21.1. The van der Waals surface area contributed by atoms with Crippen LogP contribution in [0.4, 0.5) is 0 Å². The van der Waals surface area contributed by atoms with Crippen LogP contribution in [0.15, 0.2) is 64.8 Å². The third-order valence-corrected chi connectivity index (χ3v) is 6.67. The van der Waals surface area contributed by atoms with Crippen LogP contribution >= 0.6 is 0 Å². The Kier molecular flexibility index (Phi) is 8.86. The first-order chi connectivity index (χ1) is 14.7. The van der Waals surface area contributed by atoms with E-state index in [2.05, 4.69) is 80.5 Å². The minimum atomic E-state index is 0.515. The van der Waals surface area contributed by atoms with Gasteiger partial charge in [-0.1, -0.05) is 94.6 Å². The van der Waals surface area contributed by atoms with E-state index < -0.39 is 0 Å². The highest BCUT2D eigenvalue weighted by Gasteiger charge is 2.28. The standard InChI is InChI=1S/C28H38N2/c1-4-9-22(3)25-17-19-27(20-18-25)28(26-11-7-6-8-12-26)30-29-21-24-15-13-23(10-5-2)14-16-24/h6-8,11-16,21-22,25,27H,4-5,9-10,17-20H2,1-3H3. The van der Waals surface area contributed by atoms with Crippen molar-refractivity contribution in [2.24, 2.45) is 28.0 Å². The third-order valence-electron chi connectivity index (χ3n) is 6.67. The zero-order chi connectivity index (χ0) is 21.2. The van der Waals surface area contributed by atoms with Gasteiger partial charge in [-0.2, -0.15) is 10.2 Å². The molecule has 1 unspecified atom stereocenters. The van der Waals surface area contributed by atoms with E-state index in [-0.39, 0.29) is 0 Å². The molecule has 0 radical (unpaired) electrons. The Morgan fingerprint density at radius 2 is 1.63 bits per heavy atom. The van der Waals surface area contributed by atoms with Crippen LogP contribution in [0, 0.1) is 17.8 Å². The van der Waals surface area contributed by atoms with Crippen LogP contribution in [0.5, 0.6) is 0 Å². The fraction of sp³-hybridized carbons (Fsp3) is 0.500. The summed E-state index contributed by atoms with van der Waals surface area (Å²) < 4.78 is 0. The lowest BCUT2D eigenvalue weighted by molar-refractivity contribution is 0.232. The number of hydrogen-bond donors (Lipinski definition) is 0. The van der Waals surface area contributed by atoms with Gasteiger partial charge >= 0.3 is 0 Å². The van der Waals surface area contributed by atoms with Gasteiger partial charge < -0.3 is 0 Å². The van der Waals surface area contributed by atoms with Crippen LogP contribution in [-0.2, 0) is 6.42 Å². The van der Waals surface area contributed by atoms with Crippen molar-refractivity contribution in [1.82, 2.24) is 0 Å². The maximum absolute atomic E-state index is 4.76. The third kappa shape index (κ3) is 6.39. The first-order valence-corrected chi connectivity index (χ1v) is 12.0. The van der Waals surface area contributed by atoms with Crippen LogP contribution in [0.3, 0.4) is 0 Å². The van der Waals surface area contributed by atoms with Crippen molar-refractivity contribution in [2.75, 3.05) is 0 Å². The highest BCUT2D eigenvalue weighted by molar-refractivity contribution is 6.02. The van der Waals surface area contributed by atoms with Crippen molar-refractivity contribution in [3.8, 4) is 0 Å². The molecule has 0 heterocycles. The summed E-state index contributed by atoms with van der Waals surface area (Å²) in [7, 11) is 0. The van der Waals surface area contributed by atoms with E-state index in [1.165, 1.54) is 56.1 Å². The average Bonchev–Trinajstić information content (AvgIpc) is 2.79. The summed E-state index contributed by atoms with van der Waals surface area (Å²) in [6, 6.07) is 19.3. The number of nitrogens with zero attached hydrogens (tertiary/aromatic N) is 2. The summed E-state index contributed by atoms with van der Waals surface area (Å²) in [4.78, 5) is 0. The largest absolute Gasteiger partial charge is 0.158 e. The lowest BCUT2D eigenvalue weighted by atomic mass is 9.73. The molecule has 30 heavy (non-hydrogen) atoms.